The highest BCUT2D eigenvalue weighted by molar-refractivity contribution is 7.07. The summed E-state index contributed by atoms with van der Waals surface area (Å²) in [7, 11) is 0. The van der Waals surface area contributed by atoms with E-state index in [2.05, 4.69) is 15.3 Å². The van der Waals surface area contributed by atoms with Crippen LogP contribution in [0.3, 0.4) is 0 Å². The number of nitrogens with two attached hydrogens (primary N) is 1. The smallest absolute Gasteiger partial charge is 0.144 e. The fourth-order valence-electron chi connectivity index (χ4n) is 1.25. The molecule has 0 saturated heterocycles. The third-order valence-corrected chi connectivity index (χ3v) is 2.94. The molecule has 0 amide bonds. The highest BCUT2D eigenvalue weighted by Crippen LogP contribution is 2.20. The molecule has 2 rings (SSSR count). The maximum absolute atomic E-state index is 5.97. The number of halogens is 1. The molecule has 3 N–H and O–H groups in total. The second-order valence-corrected chi connectivity index (χ2v) is 4.38. The molecule has 0 fully saturated rings. The number of anilines is 2. The van der Waals surface area contributed by atoms with Crippen molar-refractivity contribution in [3.63, 3.8) is 0 Å². The Morgan fingerprint density at radius 2 is 2.31 bits per heavy atom. The Bertz CT molecular complexity index is 458. The average molecular weight is 255 g/mol. The maximum atomic E-state index is 5.97. The monoisotopic (exact) mass is 254 g/mol. The van der Waals surface area contributed by atoms with Gasteiger partial charge in [0.05, 0.1) is 28.1 Å². The highest BCUT2D eigenvalue weighted by Gasteiger charge is 2.02. The van der Waals surface area contributed by atoms with Gasteiger partial charge in [-0.25, -0.2) is 9.97 Å². The summed E-state index contributed by atoms with van der Waals surface area (Å²) in [6.45, 7) is 0.750. The number of hydrogen-bond acceptors (Lipinski definition) is 5. The summed E-state index contributed by atoms with van der Waals surface area (Å²) >= 11 is 7.57. The van der Waals surface area contributed by atoms with Crippen LogP contribution in [0.25, 0.3) is 0 Å². The first-order chi connectivity index (χ1) is 7.75. The largest absolute Gasteiger partial charge is 0.397 e. The fraction of sp³-hybridized carbons (Fsp3) is 0.200. The molecule has 2 aromatic heterocycles. The van der Waals surface area contributed by atoms with Crippen LogP contribution in [0.4, 0.5) is 11.5 Å². The van der Waals surface area contributed by atoms with E-state index < -0.39 is 0 Å². The first kappa shape index (κ1) is 11.2. The van der Waals surface area contributed by atoms with Gasteiger partial charge < -0.3 is 11.1 Å². The molecule has 0 bridgehead atoms. The zero-order chi connectivity index (χ0) is 11.4. The van der Waals surface area contributed by atoms with Crippen LogP contribution in [0.15, 0.2) is 23.2 Å². The predicted molar refractivity (Wildman–Crippen MR) is 68.0 cm³/mol. The predicted octanol–water partition coefficient (Wildman–Crippen LogP) is 2.43. The van der Waals surface area contributed by atoms with Crippen LogP contribution in [0.5, 0.6) is 0 Å². The van der Waals surface area contributed by atoms with Crippen LogP contribution in [0.2, 0.25) is 5.02 Å². The molecule has 0 aliphatic rings. The molecule has 16 heavy (non-hydrogen) atoms. The van der Waals surface area contributed by atoms with Crippen molar-refractivity contribution in [3.05, 3.63) is 33.9 Å². The lowest BCUT2D eigenvalue weighted by Gasteiger charge is -2.06. The molecule has 2 heterocycles. The van der Waals surface area contributed by atoms with Crippen molar-refractivity contribution >= 4 is 34.4 Å². The van der Waals surface area contributed by atoms with E-state index in [0.717, 1.165) is 18.7 Å². The van der Waals surface area contributed by atoms with Gasteiger partial charge >= 0.3 is 0 Å². The van der Waals surface area contributed by atoms with Crippen LogP contribution >= 0.6 is 22.9 Å². The van der Waals surface area contributed by atoms with Crippen LogP contribution in [0.1, 0.15) is 5.69 Å². The first-order valence-electron chi connectivity index (χ1n) is 4.77. The second kappa shape index (κ2) is 5.14. The number of nitrogen functional groups attached to an aromatic ring is 1. The van der Waals surface area contributed by atoms with Gasteiger partial charge in [-0.3, -0.25) is 0 Å². The molecule has 0 aliphatic heterocycles. The van der Waals surface area contributed by atoms with Crippen molar-refractivity contribution in [1.29, 1.82) is 0 Å². The topological polar surface area (TPSA) is 63.8 Å². The summed E-state index contributed by atoms with van der Waals surface area (Å²) in [6, 6.07) is 1.68. The summed E-state index contributed by atoms with van der Waals surface area (Å²) < 4.78 is 0. The van der Waals surface area contributed by atoms with E-state index in [1.165, 1.54) is 0 Å². The van der Waals surface area contributed by atoms with Gasteiger partial charge in [0, 0.05) is 18.3 Å². The first-order valence-corrected chi connectivity index (χ1v) is 6.10. The SMILES string of the molecule is Nc1cnc(NCCc2cscn2)c(Cl)c1. The molecule has 0 spiro atoms. The van der Waals surface area contributed by atoms with Crippen molar-refractivity contribution in [2.45, 2.75) is 6.42 Å². The highest BCUT2D eigenvalue weighted by atomic mass is 35.5. The second-order valence-electron chi connectivity index (χ2n) is 3.26. The van der Waals surface area contributed by atoms with E-state index in [4.69, 9.17) is 17.3 Å². The average Bonchev–Trinajstić information content (AvgIpc) is 2.74. The van der Waals surface area contributed by atoms with Crippen LogP contribution in [-0.4, -0.2) is 16.5 Å². The van der Waals surface area contributed by atoms with E-state index in [0.29, 0.717) is 16.5 Å². The number of pyridine rings is 1. The van der Waals surface area contributed by atoms with E-state index in [-0.39, 0.29) is 0 Å². The van der Waals surface area contributed by atoms with Gasteiger partial charge in [0.15, 0.2) is 0 Å². The molecule has 84 valence electrons. The summed E-state index contributed by atoms with van der Waals surface area (Å²) in [6.07, 6.45) is 2.43. The number of nitrogens with zero attached hydrogens (tertiary/aromatic N) is 2. The van der Waals surface area contributed by atoms with Gasteiger partial charge in [-0.1, -0.05) is 11.6 Å². The summed E-state index contributed by atoms with van der Waals surface area (Å²) in [5.41, 5.74) is 9.01. The van der Waals surface area contributed by atoms with Crippen molar-refractivity contribution in [2.24, 2.45) is 0 Å². The van der Waals surface area contributed by atoms with Crippen molar-refractivity contribution in [3.8, 4) is 0 Å². The lowest BCUT2D eigenvalue weighted by molar-refractivity contribution is 0.968. The number of aromatic nitrogens is 2. The fourth-order valence-corrected chi connectivity index (χ4v) is 2.09. The Morgan fingerprint density at radius 3 is 3.00 bits per heavy atom. The molecule has 2 aromatic rings. The van der Waals surface area contributed by atoms with Crippen LogP contribution < -0.4 is 11.1 Å². The van der Waals surface area contributed by atoms with E-state index in [1.54, 1.807) is 23.6 Å². The molecule has 0 radical (unpaired) electrons. The number of thiazole rings is 1. The molecule has 0 saturated carbocycles. The molecule has 6 heteroatoms. The van der Waals surface area contributed by atoms with Gasteiger partial charge in [0.2, 0.25) is 0 Å². The zero-order valence-electron chi connectivity index (χ0n) is 8.48. The van der Waals surface area contributed by atoms with Crippen molar-refractivity contribution in [1.82, 2.24) is 9.97 Å². The minimum absolute atomic E-state index is 0.540. The quantitative estimate of drug-likeness (QED) is 0.880. The van der Waals surface area contributed by atoms with Gasteiger partial charge in [-0.15, -0.1) is 11.3 Å². The normalized spacial score (nSPS) is 10.3. The summed E-state index contributed by atoms with van der Waals surface area (Å²) in [5, 5.41) is 5.71. The molecule has 0 atom stereocenters. The van der Waals surface area contributed by atoms with E-state index in [1.807, 2.05) is 10.9 Å². The number of nitrogens with one attached hydrogen (secondary N) is 1. The Hall–Kier alpha value is -1.33. The zero-order valence-corrected chi connectivity index (χ0v) is 10.1. The van der Waals surface area contributed by atoms with Gasteiger partial charge in [0.25, 0.3) is 0 Å². The summed E-state index contributed by atoms with van der Waals surface area (Å²) in [5.74, 6) is 0.658. The third-order valence-electron chi connectivity index (χ3n) is 2.02. The molecule has 4 nitrogen and oxygen atoms in total. The number of rotatable bonds is 4. The van der Waals surface area contributed by atoms with E-state index >= 15 is 0 Å². The Kier molecular flexibility index (Phi) is 3.58. The van der Waals surface area contributed by atoms with Gasteiger partial charge in [0.1, 0.15) is 5.82 Å². The van der Waals surface area contributed by atoms with Gasteiger partial charge in [-0.2, -0.15) is 0 Å². The minimum Gasteiger partial charge on any atom is -0.397 e. The Morgan fingerprint density at radius 1 is 1.44 bits per heavy atom. The molecule has 0 aromatic carbocycles. The molecule has 0 unspecified atom stereocenters. The standard InChI is InChI=1S/C10H11ClN4S/c11-9-3-7(12)4-14-10(9)13-2-1-8-5-16-6-15-8/h3-6H,1-2,12H2,(H,13,14). The van der Waals surface area contributed by atoms with Crippen molar-refractivity contribution in [2.75, 3.05) is 17.6 Å². The minimum atomic E-state index is 0.540. The molecular formula is C10H11ClN4S. The van der Waals surface area contributed by atoms with Crippen molar-refractivity contribution < 1.29 is 0 Å². The molecule has 0 aliphatic carbocycles. The maximum Gasteiger partial charge on any atom is 0.144 e. The summed E-state index contributed by atoms with van der Waals surface area (Å²) in [4.78, 5) is 8.30. The van der Waals surface area contributed by atoms with Crippen LogP contribution in [0, 0.1) is 0 Å². The Balaban J connectivity index is 1.90. The lowest BCUT2D eigenvalue weighted by Crippen LogP contribution is -2.07. The Labute approximate surface area is 102 Å². The van der Waals surface area contributed by atoms with Gasteiger partial charge in [-0.05, 0) is 6.07 Å². The number of hydrogen-bond donors (Lipinski definition) is 2. The third kappa shape index (κ3) is 2.84. The lowest BCUT2D eigenvalue weighted by atomic mass is 10.3. The molecular weight excluding hydrogens is 244 g/mol. The van der Waals surface area contributed by atoms with E-state index in [9.17, 15) is 0 Å². The van der Waals surface area contributed by atoms with Crippen LogP contribution in [-0.2, 0) is 6.42 Å².